The maximum absolute atomic E-state index is 12.7. The second-order valence-corrected chi connectivity index (χ2v) is 7.22. The standard InChI is InChI=1S/C20H18F6O2/c1-12-17(27,13-2-6-15(7-3-13)19(21,22)23)10-11-18(12,28)14-4-8-16(9-5-14)20(24,25)26/h2-9,12,27-28H,10-11H2,1H3/t12?,17-,18+. The number of rotatable bonds is 2. The summed E-state index contributed by atoms with van der Waals surface area (Å²) in [6.45, 7) is 1.53. The molecule has 1 fully saturated rings. The van der Waals surface area contributed by atoms with Gasteiger partial charge >= 0.3 is 12.4 Å². The molecule has 1 aliphatic rings. The first kappa shape index (κ1) is 20.7. The molecule has 0 radical (unpaired) electrons. The Labute approximate surface area is 157 Å². The van der Waals surface area contributed by atoms with Gasteiger partial charge in [0.15, 0.2) is 0 Å². The zero-order valence-electron chi connectivity index (χ0n) is 14.8. The third-order valence-corrected chi connectivity index (χ3v) is 5.74. The molecule has 28 heavy (non-hydrogen) atoms. The van der Waals surface area contributed by atoms with E-state index in [1.807, 2.05) is 0 Å². The average Bonchev–Trinajstić information content (AvgIpc) is 2.87. The Morgan fingerprint density at radius 3 is 1.21 bits per heavy atom. The Hall–Kier alpha value is -2.06. The average molecular weight is 404 g/mol. The van der Waals surface area contributed by atoms with Gasteiger partial charge in [-0.2, -0.15) is 26.3 Å². The van der Waals surface area contributed by atoms with Gasteiger partial charge in [-0.25, -0.2) is 0 Å². The minimum atomic E-state index is -4.51. The molecular weight excluding hydrogens is 386 g/mol. The largest absolute Gasteiger partial charge is 0.416 e. The van der Waals surface area contributed by atoms with Crippen LogP contribution in [0, 0.1) is 5.92 Å². The Morgan fingerprint density at radius 2 is 0.964 bits per heavy atom. The van der Waals surface area contributed by atoms with E-state index in [1.165, 1.54) is 6.92 Å². The smallest absolute Gasteiger partial charge is 0.385 e. The van der Waals surface area contributed by atoms with Crippen molar-refractivity contribution in [3.63, 3.8) is 0 Å². The van der Waals surface area contributed by atoms with Gasteiger partial charge in [-0.1, -0.05) is 31.2 Å². The van der Waals surface area contributed by atoms with Crippen molar-refractivity contribution in [2.75, 3.05) is 0 Å². The van der Waals surface area contributed by atoms with Gasteiger partial charge in [0.2, 0.25) is 0 Å². The Bertz CT molecular complexity index is 769. The topological polar surface area (TPSA) is 40.5 Å². The van der Waals surface area contributed by atoms with E-state index >= 15 is 0 Å². The highest BCUT2D eigenvalue weighted by atomic mass is 19.4. The van der Waals surface area contributed by atoms with Crippen LogP contribution < -0.4 is 0 Å². The Morgan fingerprint density at radius 1 is 0.679 bits per heavy atom. The van der Waals surface area contributed by atoms with Gasteiger partial charge in [-0.3, -0.25) is 0 Å². The third-order valence-electron chi connectivity index (χ3n) is 5.74. The van der Waals surface area contributed by atoms with Crippen molar-refractivity contribution in [2.24, 2.45) is 5.92 Å². The number of alkyl halides is 6. The van der Waals surface area contributed by atoms with Crippen molar-refractivity contribution >= 4 is 0 Å². The Kier molecular flexibility index (Phi) is 4.79. The first-order valence-electron chi connectivity index (χ1n) is 8.59. The van der Waals surface area contributed by atoms with Crippen LogP contribution in [0.3, 0.4) is 0 Å². The van der Waals surface area contributed by atoms with Gasteiger partial charge in [0, 0.05) is 5.92 Å². The summed E-state index contributed by atoms with van der Waals surface area (Å²) in [7, 11) is 0. The summed E-state index contributed by atoms with van der Waals surface area (Å²) in [5.74, 6) is -0.853. The fourth-order valence-electron chi connectivity index (χ4n) is 3.89. The summed E-state index contributed by atoms with van der Waals surface area (Å²) in [5, 5.41) is 22.2. The number of halogens is 6. The molecule has 0 heterocycles. The van der Waals surface area contributed by atoms with Gasteiger partial charge in [0.25, 0.3) is 0 Å². The van der Waals surface area contributed by atoms with Gasteiger partial charge in [0.05, 0.1) is 22.3 Å². The quantitative estimate of drug-likeness (QED) is 0.673. The van der Waals surface area contributed by atoms with E-state index in [4.69, 9.17) is 0 Å². The van der Waals surface area contributed by atoms with Crippen LogP contribution in [0.1, 0.15) is 42.0 Å². The molecule has 0 saturated heterocycles. The van der Waals surface area contributed by atoms with Crippen LogP contribution in [-0.2, 0) is 23.6 Å². The SMILES string of the molecule is CC1[C@](O)(c2ccc(C(F)(F)F)cc2)CC[C@]1(O)c1ccc(C(F)(F)F)cc1. The molecule has 152 valence electrons. The van der Waals surface area contributed by atoms with Crippen LogP contribution in [0.25, 0.3) is 0 Å². The van der Waals surface area contributed by atoms with Gasteiger partial charge in [-0.05, 0) is 48.2 Å². The van der Waals surface area contributed by atoms with Crippen molar-refractivity contribution in [1.29, 1.82) is 0 Å². The van der Waals surface area contributed by atoms with Gasteiger partial charge in [-0.15, -0.1) is 0 Å². The molecule has 1 unspecified atom stereocenters. The highest BCUT2D eigenvalue weighted by Crippen LogP contribution is 2.54. The summed E-state index contributed by atoms with van der Waals surface area (Å²) >= 11 is 0. The molecule has 0 spiro atoms. The predicted octanol–water partition coefficient (Wildman–Crippen LogP) is 5.23. The molecule has 3 rings (SSSR count). The molecule has 1 saturated carbocycles. The molecule has 2 nitrogen and oxygen atoms in total. The van der Waals surface area contributed by atoms with Crippen LogP contribution in [0.15, 0.2) is 48.5 Å². The lowest BCUT2D eigenvalue weighted by Crippen LogP contribution is -2.38. The van der Waals surface area contributed by atoms with Crippen molar-refractivity contribution in [3.05, 3.63) is 70.8 Å². The molecule has 2 N–H and O–H groups in total. The summed E-state index contributed by atoms with van der Waals surface area (Å²) in [6, 6.07) is 8.08. The van der Waals surface area contributed by atoms with E-state index in [2.05, 4.69) is 0 Å². The highest BCUT2D eigenvalue weighted by Gasteiger charge is 2.55. The van der Waals surface area contributed by atoms with Crippen LogP contribution in [0.4, 0.5) is 26.3 Å². The lowest BCUT2D eigenvalue weighted by atomic mass is 9.77. The predicted molar refractivity (Wildman–Crippen MR) is 89.1 cm³/mol. The first-order chi connectivity index (χ1) is 12.8. The Balaban J connectivity index is 1.91. The highest BCUT2D eigenvalue weighted by molar-refractivity contribution is 5.36. The number of benzene rings is 2. The summed E-state index contributed by atoms with van der Waals surface area (Å²) in [6.07, 6.45) is -8.92. The van der Waals surface area contributed by atoms with Crippen LogP contribution in [0.5, 0.6) is 0 Å². The van der Waals surface area contributed by atoms with Crippen molar-refractivity contribution in [3.8, 4) is 0 Å². The fraction of sp³-hybridized carbons (Fsp3) is 0.400. The summed E-state index contributed by atoms with van der Waals surface area (Å²) in [5.41, 5.74) is -4.50. The zero-order valence-corrected chi connectivity index (χ0v) is 14.8. The number of aliphatic hydroxyl groups is 2. The summed E-state index contributed by atoms with van der Waals surface area (Å²) < 4.78 is 76.5. The second kappa shape index (κ2) is 6.49. The molecule has 2 aromatic rings. The maximum Gasteiger partial charge on any atom is 0.416 e. The van der Waals surface area contributed by atoms with E-state index in [-0.39, 0.29) is 24.0 Å². The van der Waals surface area contributed by atoms with E-state index in [9.17, 15) is 36.6 Å². The van der Waals surface area contributed by atoms with Crippen LogP contribution in [0.2, 0.25) is 0 Å². The molecular formula is C20H18F6O2. The molecule has 2 aromatic carbocycles. The second-order valence-electron chi connectivity index (χ2n) is 7.22. The molecule has 3 atom stereocenters. The monoisotopic (exact) mass is 404 g/mol. The molecule has 8 heteroatoms. The molecule has 0 amide bonds. The van der Waals surface area contributed by atoms with E-state index in [0.717, 1.165) is 48.5 Å². The minimum Gasteiger partial charge on any atom is -0.385 e. The van der Waals surface area contributed by atoms with Crippen molar-refractivity contribution in [1.82, 2.24) is 0 Å². The van der Waals surface area contributed by atoms with E-state index in [0.29, 0.717) is 0 Å². The van der Waals surface area contributed by atoms with Gasteiger partial charge in [0.1, 0.15) is 0 Å². The van der Waals surface area contributed by atoms with E-state index in [1.54, 1.807) is 0 Å². The molecule has 0 aliphatic heterocycles. The van der Waals surface area contributed by atoms with Crippen molar-refractivity contribution in [2.45, 2.75) is 43.3 Å². The zero-order chi connectivity index (χ0) is 21.0. The van der Waals surface area contributed by atoms with Crippen LogP contribution in [-0.4, -0.2) is 10.2 Å². The minimum absolute atomic E-state index is 0.0526. The molecule has 0 bridgehead atoms. The summed E-state index contributed by atoms with van der Waals surface area (Å²) in [4.78, 5) is 0. The normalized spacial score (nSPS) is 28.5. The van der Waals surface area contributed by atoms with Gasteiger partial charge < -0.3 is 10.2 Å². The number of hydrogen-bond acceptors (Lipinski definition) is 2. The van der Waals surface area contributed by atoms with Crippen LogP contribution >= 0.6 is 0 Å². The first-order valence-corrected chi connectivity index (χ1v) is 8.59. The molecule has 1 aliphatic carbocycles. The lowest BCUT2D eigenvalue weighted by Gasteiger charge is -2.35. The number of hydrogen-bond donors (Lipinski definition) is 2. The van der Waals surface area contributed by atoms with E-state index < -0.39 is 40.6 Å². The molecule has 0 aromatic heterocycles. The lowest BCUT2D eigenvalue weighted by molar-refractivity contribution is -0.138. The van der Waals surface area contributed by atoms with Crippen molar-refractivity contribution < 1.29 is 36.6 Å². The fourth-order valence-corrected chi connectivity index (χ4v) is 3.89. The third kappa shape index (κ3) is 3.39. The maximum atomic E-state index is 12.7.